The first-order chi connectivity index (χ1) is 16.6. The molecule has 5 rings (SSSR count). The van der Waals surface area contributed by atoms with E-state index in [9.17, 15) is 4.79 Å². The van der Waals surface area contributed by atoms with E-state index in [1.807, 2.05) is 42.6 Å². The number of benzene rings is 1. The lowest BCUT2D eigenvalue weighted by Crippen LogP contribution is -2.47. The summed E-state index contributed by atoms with van der Waals surface area (Å²) < 4.78 is 11.5. The number of methoxy groups -OCH3 is 1. The van der Waals surface area contributed by atoms with Gasteiger partial charge in [-0.15, -0.1) is 11.8 Å². The van der Waals surface area contributed by atoms with Crippen molar-refractivity contribution >= 4 is 34.4 Å². The maximum Gasteiger partial charge on any atom is 0.235 e. The third-order valence-electron chi connectivity index (χ3n) is 6.39. The summed E-state index contributed by atoms with van der Waals surface area (Å²) in [4.78, 5) is 21.7. The number of hydrogen-bond acceptors (Lipinski definition) is 8. The molecular formula is C25H29N5O3S. The van der Waals surface area contributed by atoms with Crippen molar-refractivity contribution in [2.24, 2.45) is 5.73 Å². The second-order valence-electron chi connectivity index (χ2n) is 8.73. The topological polar surface area (TPSA) is 111 Å². The van der Waals surface area contributed by atoms with Crippen LogP contribution in [0.5, 0.6) is 5.75 Å². The highest BCUT2D eigenvalue weighted by Crippen LogP contribution is 2.30. The minimum Gasteiger partial charge on any atom is -0.497 e. The van der Waals surface area contributed by atoms with Gasteiger partial charge in [-0.05, 0) is 61.2 Å². The van der Waals surface area contributed by atoms with Gasteiger partial charge in [0.25, 0.3) is 0 Å². The highest BCUT2D eigenvalue weighted by molar-refractivity contribution is 8.00. The molecule has 2 aliphatic rings. The molecule has 0 spiro atoms. The van der Waals surface area contributed by atoms with Crippen LogP contribution in [0.1, 0.15) is 24.1 Å². The number of nitrogens with zero attached hydrogens (tertiary/aromatic N) is 2. The zero-order valence-electron chi connectivity index (χ0n) is 19.1. The minimum absolute atomic E-state index is 0.00271. The molecule has 2 aliphatic heterocycles. The number of nitrogens with one attached hydrogen (secondary N) is 2. The van der Waals surface area contributed by atoms with Gasteiger partial charge in [0.2, 0.25) is 5.91 Å². The Morgan fingerprint density at radius 1 is 1.29 bits per heavy atom. The van der Waals surface area contributed by atoms with Gasteiger partial charge in [-0.2, -0.15) is 0 Å². The molecule has 2 aromatic heterocycles. The molecule has 8 nitrogen and oxygen atoms in total. The van der Waals surface area contributed by atoms with E-state index in [1.54, 1.807) is 7.11 Å². The van der Waals surface area contributed by atoms with E-state index in [2.05, 4.69) is 20.6 Å². The van der Waals surface area contributed by atoms with E-state index in [-0.39, 0.29) is 24.1 Å². The summed E-state index contributed by atoms with van der Waals surface area (Å²) in [6.45, 7) is 1.24. The van der Waals surface area contributed by atoms with Crippen molar-refractivity contribution in [1.82, 2.24) is 15.3 Å². The number of carbonyl (C=O) groups is 1. The summed E-state index contributed by atoms with van der Waals surface area (Å²) in [5.74, 6) is 1.91. The van der Waals surface area contributed by atoms with Gasteiger partial charge in [-0.1, -0.05) is 0 Å². The Labute approximate surface area is 203 Å². The summed E-state index contributed by atoms with van der Waals surface area (Å²) in [5.41, 5.74) is 9.58. The van der Waals surface area contributed by atoms with E-state index in [4.69, 9.17) is 15.2 Å². The SMILES string of the molecule is COc1ccc2nccc(C[C@@H](N)[C@@H]3CC[C@@H](NCc4ccc5c(n4)NC(=O)CS5)CO3)c2c1. The van der Waals surface area contributed by atoms with Gasteiger partial charge in [0, 0.05) is 30.2 Å². The van der Waals surface area contributed by atoms with E-state index >= 15 is 0 Å². The fourth-order valence-electron chi connectivity index (χ4n) is 4.49. The molecule has 1 saturated heterocycles. The van der Waals surface area contributed by atoms with Crippen LogP contribution < -0.4 is 21.1 Å². The van der Waals surface area contributed by atoms with E-state index in [0.717, 1.165) is 52.1 Å². The van der Waals surface area contributed by atoms with Crippen LogP contribution in [0.2, 0.25) is 0 Å². The molecule has 4 heterocycles. The largest absolute Gasteiger partial charge is 0.497 e. The maximum atomic E-state index is 11.6. The predicted octanol–water partition coefficient (Wildman–Crippen LogP) is 2.89. The summed E-state index contributed by atoms with van der Waals surface area (Å²) in [5, 5.41) is 7.45. The van der Waals surface area contributed by atoms with Crippen molar-refractivity contribution in [3.63, 3.8) is 0 Å². The molecule has 3 aromatic rings. The van der Waals surface area contributed by atoms with E-state index in [0.29, 0.717) is 24.7 Å². The van der Waals surface area contributed by atoms with Crippen molar-refractivity contribution in [2.75, 3.05) is 24.8 Å². The second-order valence-corrected chi connectivity index (χ2v) is 9.75. The molecule has 178 valence electrons. The Morgan fingerprint density at radius 2 is 2.21 bits per heavy atom. The van der Waals surface area contributed by atoms with Crippen LogP contribution in [-0.2, 0) is 22.5 Å². The van der Waals surface area contributed by atoms with Gasteiger partial charge in [0.1, 0.15) is 11.6 Å². The molecule has 1 aromatic carbocycles. The zero-order chi connectivity index (χ0) is 23.5. The lowest BCUT2D eigenvalue weighted by Gasteiger charge is -2.33. The number of thioether (sulfide) groups is 1. The number of hydrogen-bond donors (Lipinski definition) is 3. The molecule has 0 saturated carbocycles. The Hall–Kier alpha value is -2.72. The highest BCUT2D eigenvalue weighted by Gasteiger charge is 2.27. The van der Waals surface area contributed by atoms with Gasteiger partial charge < -0.3 is 25.8 Å². The van der Waals surface area contributed by atoms with Crippen LogP contribution in [0, 0.1) is 0 Å². The van der Waals surface area contributed by atoms with Gasteiger partial charge in [0.05, 0.1) is 41.7 Å². The van der Waals surface area contributed by atoms with Crippen LogP contribution >= 0.6 is 11.8 Å². The average molecular weight is 480 g/mol. The van der Waals surface area contributed by atoms with Crippen molar-refractivity contribution in [3.8, 4) is 5.75 Å². The monoisotopic (exact) mass is 479 g/mol. The summed E-state index contributed by atoms with van der Waals surface area (Å²) >= 11 is 1.52. The Balaban J connectivity index is 1.14. The van der Waals surface area contributed by atoms with Gasteiger partial charge in [0.15, 0.2) is 0 Å². The summed E-state index contributed by atoms with van der Waals surface area (Å²) in [7, 11) is 1.67. The lowest BCUT2D eigenvalue weighted by atomic mass is 9.94. The van der Waals surface area contributed by atoms with Gasteiger partial charge >= 0.3 is 0 Å². The predicted molar refractivity (Wildman–Crippen MR) is 133 cm³/mol. The van der Waals surface area contributed by atoms with Crippen molar-refractivity contribution < 1.29 is 14.3 Å². The number of pyridine rings is 2. The minimum atomic E-state index is -0.0961. The van der Waals surface area contributed by atoms with Gasteiger partial charge in [-0.25, -0.2) is 4.98 Å². The average Bonchev–Trinajstić information content (AvgIpc) is 2.87. The number of anilines is 1. The number of rotatable bonds is 7. The number of carbonyl (C=O) groups excluding carboxylic acids is 1. The molecule has 0 aliphatic carbocycles. The van der Waals surface area contributed by atoms with Crippen molar-refractivity contribution in [3.05, 3.63) is 53.9 Å². The standard InChI is InChI=1S/C25H29N5O3S/c1-32-18-4-5-21-19(11-18)15(8-9-27-21)10-20(26)22-6-2-17(13-33-22)28-12-16-3-7-23-25(29-16)30-24(31)14-34-23/h3-5,7-9,11,17,20,22,28H,2,6,10,12-14,26H2,1H3,(H,29,30,31)/t17-,20-,22+/m1/s1. The third-order valence-corrected chi connectivity index (χ3v) is 7.43. The highest BCUT2D eigenvalue weighted by atomic mass is 32.2. The van der Waals surface area contributed by atoms with Crippen molar-refractivity contribution in [1.29, 1.82) is 0 Å². The Morgan fingerprint density at radius 3 is 3.03 bits per heavy atom. The molecule has 34 heavy (non-hydrogen) atoms. The fourth-order valence-corrected chi connectivity index (χ4v) is 5.25. The Kier molecular flexibility index (Phi) is 6.96. The van der Waals surface area contributed by atoms with Crippen LogP contribution in [-0.4, -0.2) is 53.5 Å². The number of aromatic nitrogens is 2. The lowest BCUT2D eigenvalue weighted by molar-refractivity contribution is -0.113. The normalized spacial score (nSPS) is 21.1. The molecule has 0 radical (unpaired) electrons. The summed E-state index contributed by atoms with van der Waals surface area (Å²) in [6.07, 6.45) is 4.45. The van der Waals surface area contributed by atoms with Gasteiger partial charge in [-0.3, -0.25) is 9.78 Å². The molecule has 3 atom stereocenters. The molecule has 0 unspecified atom stereocenters. The second kappa shape index (κ2) is 10.3. The number of fused-ring (bicyclic) bond motifs is 2. The quantitative estimate of drug-likeness (QED) is 0.474. The van der Waals surface area contributed by atoms with Crippen LogP contribution in [0.25, 0.3) is 10.9 Å². The molecular weight excluding hydrogens is 450 g/mol. The molecule has 4 N–H and O–H groups in total. The first-order valence-corrected chi connectivity index (χ1v) is 12.5. The smallest absolute Gasteiger partial charge is 0.235 e. The number of nitrogens with two attached hydrogens (primary N) is 1. The maximum absolute atomic E-state index is 11.6. The molecule has 1 fully saturated rings. The molecule has 1 amide bonds. The number of ether oxygens (including phenoxy) is 2. The number of amides is 1. The van der Waals surface area contributed by atoms with E-state index < -0.39 is 0 Å². The first-order valence-electron chi connectivity index (χ1n) is 11.5. The third kappa shape index (κ3) is 5.17. The fraction of sp³-hybridized carbons (Fsp3) is 0.400. The zero-order valence-corrected chi connectivity index (χ0v) is 19.9. The van der Waals surface area contributed by atoms with Crippen LogP contribution in [0.4, 0.5) is 5.82 Å². The van der Waals surface area contributed by atoms with Crippen molar-refractivity contribution in [2.45, 2.75) is 48.9 Å². The molecule has 0 bridgehead atoms. The summed E-state index contributed by atoms with van der Waals surface area (Å²) in [6, 6.07) is 12.1. The first kappa shape index (κ1) is 23.0. The Bertz CT molecular complexity index is 1180. The van der Waals surface area contributed by atoms with Crippen LogP contribution in [0.3, 0.4) is 0 Å². The van der Waals surface area contributed by atoms with E-state index in [1.165, 1.54) is 11.8 Å². The molecule has 9 heteroatoms. The van der Waals surface area contributed by atoms with Crippen LogP contribution in [0.15, 0.2) is 47.5 Å².